The van der Waals surface area contributed by atoms with Crippen LogP contribution in [0.15, 0.2) is 18.2 Å². The molecule has 2 rings (SSSR count). The predicted molar refractivity (Wildman–Crippen MR) is 93.6 cm³/mol. The summed E-state index contributed by atoms with van der Waals surface area (Å²) < 4.78 is 32.5. The molecule has 1 aliphatic heterocycles. The molecule has 0 spiro atoms. The molecule has 0 aromatic heterocycles. The summed E-state index contributed by atoms with van der Waals surface area (Å²) in [7, 11) is 0. The lowest BCUT2D eigenvalue weighted by atomic mass is 10.1. The largest absolute Gasteiger partial charge is 0.449 e. The van der Waals surface area contributed by atoms with Gasteiger partial charge in [0, 0.05) is 38.2 Å². The Morgan fingerprint density at radius 2 is 1.69 bits per heavy atom. The second kappa shape index (κ2) is 9.50. The molecule has 144 valence electrons. The van der Waals surface area contributed by atoms with Crippen LogP contribution in [0.2, 0.25) is 0 Å². The number of ether oxygens (including phenoxy) is 1. The molecule has 0 bridgehead atoms. The van der Waals surface area contributed by atoms with Crippen molar-refractivity contribution in [3.05, 3.63) is 35.4 Å². The van der Waals surface area contributed by atoms with Gasteiger partial charge in [0.1, 0.15) is 11.6 Å². The number of halogens is 2. The van der Waals surface area contributed by atoms with Crippen LogP contribution in [0.4, 0.5) is 13.6 Å². The monoisotopic (exact) mass is 368 g/mol. The van der Waals surface area contributed by atoms with E-state index in [4.69, 9.17) is 4.74 Å². The average Bonchev–Trinajstić information content (AvgIpc) is 2.85. The van der Waals surface area contributed by atoms with Gasteiger partial charge < -0.3 is 14.5 Å². The number of carbonyl (C=O) groups is 2. The van der Waals surface area contributed by atoms with Crippen LogP contribution in [0, 0.1) is 17.6 Å². The van der Waals surface area contributed by atoms with Crippen LogP contribution in [0.25, 0.3) is 0 Å². The molecule has 0 N–H and O–H groups in total. The molecule has 5 nitrogen and oxygen atoms in total. The molecule has 0 saturated carbocycles. The maximum absolute atomic E-state index is 13.7. The van der Waals surface area contributed by atoms with Gasteiger partial charge >= 0.3 is 6.09 Å². The van der Waals surface area contributed by atoms with Gasteiger partial charge in [-0.2, -0.15) is 0 Å². The minimum absolute atomic E-state index is 0.0218. The molecule has 1 aromatic carbocycles. The summed E-state index contributed by atoms with van der Waals surface area (Å²) in [5, 5.41) is 0. The molecular weight excluding hydrogens is 342 g/mol. The van der Waals surface area contributed by atoms with E-state index in [0.29, 0.717) is 39.2 Å². The zero-order valence-electron chi connectivity index (χ0n) is 15.3. The highest BCUT2D eigenvalue weighted by molar-refractivity contribution is 5.76. The number of benzene rings is 1. The van der Waals surface area contributed by atoms with Gasteiger partial charge in [-0.15, -0.1) is 0 Å². The van der Waals surface area contributed by atoms with Crippen LogP contribution < -0.4 is 0 Å². The predicted octanol–water partition coefficient (Wildman–Crippen LogP) is 3.22. The summed E-state index contributed by atoms with van der Waals surface area (Å²) in [6, 6.07) is 3.68. The summed E-state index contributed by atoms with van der Waals surface area (Å²) in [5.41, 5.74) is -0.0606. The Morgan fingerprint density at radius 3 is 2.35 bits per heavy atom. The molecule has 1 heterocycles. The van der Waals surface area contributed by atoms with Crippen molar-refractivity contribution in [1.82, 2.24) is 9.80 Å². The molecule has 0 unspecified atom stereocenters. The van der Waals surface area contributed by atoms with Gasteiger partial charge in [0.25, 0.3) is 0 Å². The minimum atomic E-state index is -0.632. The Labute approximate surface area is 152 Å². The number of hydrogen-bond donors (Lipinski definition) is 0. The molecule has 0 atom stereocenters. The van der Waals surface area contributed by atoms with Crippen LogP contribution in [0.1, 0.15) is 32.3 Å². The lowest BCUT2D eigenvalue weighted by Gasteiger charge is -2.22. The van der Waals surface area contributed by atoms with Crippen molar-refractivity contribution in [3.8, 4) is 0 Å². The SMILES string of the molecule is CC(C)COC(=O)N1CCCN(C(=O)CCc2c(F)cccc2F)CC1. The smallest absolute Gasteiger partial charge is 0.409 e. The first kappa shape index (κ1) is 20.1. The average molecular weight is 368 g/mol. The molecule has 0 aliphatic carbocycles. The third kappa shape index (κ3) is 5.68. The van der Waals surface area contributed by atoms with Crippen LogP contribution in [0.3, 0.4) is 0 Å². The summed E-state index contributed by atoms with van der Waals surface area (Å²) in [6.07, 6.45) is 0.349. The summed E-state index contributed by atoms with van der Waals surface area (Å²) in [6.45, 7) is 6.15. The number of rotatable bonds is 5. The second-order valence-corrected chi connectivity index (χ2v) is 6.89. The van der Waals surface area contributed by atoms with Crippen LogP contribution in [0.5, 0.6) is 0 Å². The van der Waals surface area contributed by atoms with Crippen molar-refractivity contribution >= 4 is 12.0 Å². The minimum Gasteiger partial charge on any atom is -0.449 e. The lowest BCUT2D eigenvalue weighted by Crippen LogP contribution is -2.38. The molecular formula is C19H26F2N2O3. The maximum atomic E-state index is 13.7. The van der Waals surface area contributed by atoms with E-state index in [1.807, 2.05) is 13.8 Å². The summed E-state index contributed by atoms with van der Waals surface area (Å²) >= 11 is 0. The lowest BCUT2D eigenvalue weighted by molar-refractivity contribution is -0.131. The van der Waals surface area contributed by atoms with Crippen molar-refractivity contribution in [3.63, 3.8) is 0 Å². The molecule has 0 radical (unpaired) electrons. The fourth-order valence-corrected chi connectivity index (χ4v) is 2.84. The zero-order valence-corrected chi connectivity index (χ0v) is 15.3. The molecule has 1 aromatic rings. The van der Waals surface area contributed by atoms with Crippen molar-refractivity contribution in [2.45, 2.75) is 33.1 Å². The number of nitrogens with zero attached hydrogens (tertiary/aromatic N) is 2. The summed E-state index contributed by atoms with van der Waals surface area (Å²) in [4.78, 5) is 27.7. The fourth-order valence-electron chi connectivity index (χ4n) is 2.84. The van der Waals surface area contributed by atoms with E-state index in [1.54, 1.807) is 9.80 Å². The first-order valence-electron chi connectivity index (χ1n) is 9.01. The normalized spacial score (nSPS) is 15.1. The van der Waals surface area contributed by atoms with Crippen molar-refractivity contribution in [2.24, 2.45) is 5.92 Å². The molecule has 2 amide bonds. The van der Waals surface area contributed by atoms with Crippen LogP contribution in [-0.2, 0) is 16.0 Å². The van der Waals surface area contributed by atoms with Crippen LogP contribution >= 0.6 is 0 Å². The van der Waals surface area contributed by atoms with Crippen molar-refractivity contribution in [2.75, 3.05) is 32.8 Å². The van der Waals surface area contributed by atoms with E-state index in [0.717, 1.165) is 0 Å². The molecule has 1 saturated heterocycles. The second-order valence-electron chi connectivity index (χ2n) is 6.89. The van der Waals surface area contributed by atoms with Gasteiger partial charge in [-0.3, -0.25) is 4.79 Å². The number of amides is 2. The third-order valence-corrected chi connectivity index (χ3v) is 4.30. The highest BCUT2D eigenvalue weighted by atomic mass is 19.1. The van der Waals surface area contributed by atoms with Gasteiger partial charge in [-0.25, -0.2) is 13.6 Å². The first-order chi connectivity index (χ1) is 12.4. The highest BCUT2D eigenvalue weighted by Crippen LogP contribution is 2.15. The third-order valence-electron chi connectivity index (χ3n) is 4.30. The Balaban J connectivity index is 1.84. The highest BCUT2D eigenvalue weighted by Gasteiger charge is 2.23. The maximum Gasteiger partial charge on any atom is 0.409 e. The molecule has 26 heavy (non-hydrogen) atoms. The Bertz CT molecular complexity index is 617. The molecule has 7 heteroatoms. The van der Waals surface area contributed by atoms with Crippen LogP contribution in [-0.4, -0.2) is 54.6 Å². The van der Waals surface area contributed by atoms with E-state index in [1.165, 1.54) is 18.2 Å². The molecule has 1 aliphatic rings. The number of carbonyl (C=O) groups excluding carboxylic acids is 2. The summed E-state index contributed by atoms with van der Waals surface area (Å²) in [5.74, 6) is -1.16. The first-order valence-corrected chi connectivity index (χ1v) is 9.01. The topological polar surface area (TPSA) is 49.9 Å². The van der Waals surface area contributed by atoms with Gasteiger partial charge in [0.2, 0.25) is 5.91 Å². The Morgan fingerprint density at radius 1 is 1.08 bits per heavy atom. The fraction of sp³-hybridized carbons (Fsp3) is 0.579. The van der Waals surface area contributed by atoms with Crippen molar-refractivity contribution in [1.29, 1.82) is 0 Å². The zero-order chi connectivity index (χ0) is 19.1. The van der Waals surface area contributed by atoms with E-state index < -0.39 is 11.6 Å². The standard InChI is InChI=1S/C19H26F2N2O3/c1-14(2)13-26-19(25)23-10-4-9-22(11-12-23)18(24)8-7-15-16(20)5-3-6-17(15)21/h3,5-6,14H,4,7-13H2,1-2H3. The van der Waals surface area contributed by atoms with Gasteiger partial charge in [0.05, 0.1) is 6.61 Å². The van der Waals surface area contributed by atoms with Gasteiger partial charge in [-0.05, 0) is 30.9 Å². The van der Waals surface area contributed by atoms with E-state index >= 15 is 0 Å². The van der Waals surface area contributed by atoms with Crippen molar-refractivity contribution < 1.29 is 23.1 Å². The Kier molecular flexibility index (Phi) is 7.36. The molecule has 1 fully saturated rings. The number of hydrogen-bond acceptors (Lipinski definition) is 3. The Hall–Kier alpha value is -2.18. The van der Waals surface area contributed by atoms with E-state index in [2.05, 4.69) is 0 Å². The van der Waals surface area contributed by atoms with Gasteiger partial charge in [-0.1, -0.05) is 19.9 Å². The van der Waals surface area contributed by atoms with E-state index in [9.17, 15) is 18.4 Å². The van der Waals surface area contributed by atoms with E-state index in [-0.39, 0.29) is 36.3 Å². The van der Waals surface area contributed by atoms with Gasteiger partial charge in [0.15, 0.2) is 0 Å². The quantitative estimate of drug-likeness (QED) is 0.802.